The normalized spacial score (nSPS) is 10.1. The first-order chi connectivity index (χ1) is 8.13. The van der Waals surface area contributed by atoms with Gasteiger partial charge in [0.25, 0.3) is 0 Å². The number of aromatic nitrogens is 1. The largest absolute Gasteiger partial charge is 0.367 e. The van der Waals surface area contributed by atoms with Crippen LogP contribution in [0.5, 0.6) is 0 Å². The highest BCUT2D eigenvalue weighted by atomic mass is 35.5. The Kier molecular flexibility index (Phi) is 6.04. The van der Waals surface area contributed by atoms with E-state index in [0.29, 0.717) is 41.9 Å². The van der Waals surface area contributed by atoms with Gasteiger partial charge in [-0.2, -0.15) is 0 Å². The summed E-state index contributed by atoms with van der Waals surface area (Å²) in [5, 5.41) is 6.63. The third kappa shape index (κ3) is 5.21. The SMILES string of the molecule is NCCC(=O)NCCNc1ncc(Cl)cc1Cl. The van der Waals surface area contributed by atoms with Crippen molar-refractivity contribution in [3.63, 3.8) is 0 Å². The maximum Gasteiger partial charge on any atom is 0.221 e. The van der Waals surface area contributed by atoms with E-state index in [9.17, 15) is 4.79 Å². The minimum atomic E-state index is -0.0653. The molecule has 17 heavy (non-hydrogen) atoms. The molecular formula is C10H14Cl2N4O. The van der Waals surface area contributed by atoms with Gasteiger partial charge in [-0.05, 0) is 6.07 Å². The molecule has 0 aliphatic heterocycles. The topological polar surface area (TPSA) is 80.0 Å². The van der Waals surface area contributed by atoms with E-state index < -0.39 is 0 Å². The summed E-state index contributed by atoms with van der Waals surface area (Å²) in [4.78, 5) is 15.1. The number of rotatable bonds is 6. The van der Waals surface area contributed by atoms with Gasteiger partial charge in [0, 0.05) is 32.3 Å². The van der Waals surface area contributed by atoms with Crippen molar-refractivity contribution >= 4 is 34.9 Å². The molecule has 0 aliphatic rings. The lowest BCUT2D eigenvalue weighted by atomic mass is 10.4. The first-order valence-electron chi connectivity index (χ1n) is 5.15. The number of pyridine rings is 1. The van der Waals surface area contributed by atoms with Crippen molar-refractivity contribution in [1.29, 1.82) is 0 Å². The lowest BCUT2D eigenvalue weighted by molar-refractivity contribution is -0.120. The molecule has 0 fully saturated rings. The van der Waals surface area contributed by atoms with Gasteiger partial charge in [-0.25, -0.2) is 4.98 Å². The molecule has 1 heterocycles. The average molecular weight is 277 g/mol. The highest BCUT2D eigenvalue weighted by Crippen LogP contribution is 2.21. The van der Waals surface area contributed by atoms with Crippen LogP contribution in [0, 0.1) is 0 Å². The van der Waals surface area contributed by atoms with Gasteiger partial charge in [0.2, 0.25) is 5.91 Å². The number of halogens is 2. The molecule has 94 valence electrons. The average Bonchev–Trinajstić information content (AvgIpc) is 2.27. The van der Waals surface area contributed by atoms with Gasteiger partial charge in [0.1, 0.15) is 5.82 Å². The van der Waals surface area contributed by atoms with E-state index in [1.807, 2.05) is 0 Å². The van der Waals surface area contributed by atoms with E-state index in [0.717, 1.165) is 0 Å². The van der Waals surface area contributed by atoms with Gasteiger partial charge >= 0.3 is 0 Å². The molecule has 1 rings (SSSR count). The molecule has 0 spiro atoms. The number of nitrogens with two attached hydrogens (primary N) is 1. The molecule has 0 saturated carbocycles. The highest BCUT2D eigenvalue weighted by molar-refractivity contribution is 6.35. The van der Waals surface area contributed by atoms with E-state index in [4.69, 9.17) is 28.9 Å². The Labute approximate surface area is 110 Å². The number of nitrogens with zero attached hydrogens (tertiary/aromatic N) is 1. The molecule has 0 aromatic carbocycles. The Morgan fingerprint density at radius 2 is 2.18 bits per heavy atom. The molecule has 0 unspecified atom stereocenters. The highest BCUT2D eigenvalue weighted by Gasteiger charge is 2.02. The quantitative estimate of drug-likeness (QED) is 0.684. The smallest absolute Gasteiger partial charge is 0.221 e. The second-order valence-corrected chi connectivity index (χ2v) is 4.14. The second-order valence-electron chi connectivity index (χ2n) is 3.30. The standard InChI is InChI=1S/C10H14Cl2N4O/c11-7-5-8(12)10(16-6-7)15-4-3-14-9(17)1-2-13/h5-6H,1-4,13H2,(H,14,17)(H,15,16). The Hall–Kier alpha value is -1.04. The van der Waals surface area contributed by atoms with Crippen molar-refractivity contribution in [2.75, 3.05) is 25.0 Å². The van der Waals surface area contributed by atoms with Crippen molar-refractivity contribution in [3.8, 4) is 0 Å². The van der Waals surface area contributed by atoms with E-state index in [1.165, 1.54) is 6.20 Å². The molecule has 1 aromatic rings. The molecule has 0 saturated heterocycles. The molecule has 1 aromatic heterocycles. The van der Waals surface area contributed by atoms with Crippen LogP contribution in [0.15, 0.2) is 12.3 Å². The summed E-state index contributed by atoms with van der Waals surface area (Å²) in [6.45, 7) is 1.37. The monoisotopic (exact) mass is 276 g/mol. The summed E-state index contributed by atoms with van der Waals surface area (Å²) >= 11 is 11.6. The van der Waals surface area contributed by atoms with Crippen LogP contribution in [0.4, 0.5) is 5.82 Å². The zero-order valence-electron chi connectivity index (χ0n) is 9.17. The van der Waals surface area contributed by atoms with Crippen molar-refractivity contribution in [2.24, 2.45) is 5.73 Å². The molecule has 0 aliphatic carbocycles. The van der Waals surface area contributed by atoms with E-state index >= 15 is 0 Å². The number of anilines is 1. The molecule has 0 atom stereocenters. The zero-order valence-corrected chi connectivity index (χ0v) is 10.7. The minimum Gasteiger partial charge on any atom is -0.367 e. The summed E-state index contributed by atoms with van der Waals surface area (Å²) < 4.78 is 0. The molecule has 0 bridgehead atoms. The van der Waals surface area contributed by atoms with Crippen LogP contribution in [-0.2, 0) is 4.79 Å². The Morgan fingerprint density at radius 1 is 1.41 bits per heavy atom. The molecule has 7 heteroatoms. The molecule has 5 nitrogen and oxygen atoms in total. The lowest BCUT2D eigenvalue weighted by Crippen LogP contribution is -2.30. The minimum absolute atomic E-state index is 0.0653. The van der Waals surface area contributed by atoms with Gasteiger partial charge in [-0.1, -0.05) is 23.2 Å². The predicted octanol–water partition coefficient (Wildman–Crippen LogP) is 1.27. The lowest BCUT2D eigenvalue weighted by Gasteiger charge is -2.08. The third-order valence-electron chi connectivity index (χ3n) is 1.92. The summed E-state index contributed by atoms with van der Waals surface area (Å²) in [6.07, 6.45) is 1.84. The number of amides is 1. The van der Waals surface area contributed by atoms with Crippen LogP contribution in [-0.4, -0.2) is 30.5 Å². The molecular weight excluding hydrogens is 263 g/mol. The summed E-state index contributed by atoms with van der Waals surface area (Å²) in [5.41, 5.74) is 5.24. The van der Waals surface area contributed by atoms with Crippen LogP contribution in [0.1, 0.15) is 6.42 Å². The first-order valence-corrected chi connectivity index (χ1v) is 5.90. The fraction of sp³-hybridized carbons (Fsp3) is 0.400. The second kappa shape index (κ2) is 7.32. The van der Waals surface area contributed by atoms with Crippen LogP contribution in [0.3, 0.4) is 0 Å². The maximum atomic E-state index is 11.1. The van der Waals surface area contributed by atoms with Crippen molar-refractivity contribution in [3.05, 3.63) is 22.3 Å². The third-order valence-corrected chi connectivity index (χ3v) is 2.41. The molecule has 1 amide bonds. The number of nitrogens with one attached hydrogen (secondary N) is 2. The number of carbonyl (C=O) groups excluding carboxylic acids is 1. The van der Waals surface area contributed by atoms with Gasteiger partial charge in [0.05, 0.1) is 10.0 Å². The maximum absolute atomic E-state index is 11.1. The van der Waals surface area contributed by atoms with Crippen LogP contribution in [0.25, 0.3) is 0 Å². The summed E-state index contributed by atoms with van der Waals surface area (Å²) in [7, 11) is 0. The van der Waals surface area contributed by atoms with Gasteiger partial charge < -0.3 is 16.4 Å². The van der Waals surface area contributed by atoms with Crippen LogP contribution in [0.2, 0.25) is 10.0 Å². The molecule has 0 radical (unpaired) electrons. The fourth-order valence-corrected chi connectivity index (χ4v) is 1.59. The van der Waals surface area contributed by atoms with E-state index in [-0.39, 0.29) is 5.91 Å². The Balaban J connectivity index is 2.29. The molecule has 4 N–H and O–H groups in total. The Bertz CT molecular complexity index is 387. The number of hydrogen-bond acceptors (Lipinski definition) is 4. The van der Waals surface area contributed by atoms with E-state index in [1.54, 1.807) is 6.07 Å². The summed E-state index contributed by atoms with van der Waals surface area (Å²) in [5.74, 6) is 0.480. The fourth-order valence-electron chi connectivity index (χ4n) is 1.15. The van der Waals surface area contributed by atoms with Gasteiger partial charge in [0.15, 0.2) is 0 Å². The van der Waals surface area contributed by atoms with Crippen molar-refractivity contribution < 1.29 is 4.79 Å². The van der Waals surface area contributed by atoms with Crippen molar-refractivity contribution in [1.82, 2.24) is 10.3 Å². The number of carbonyl (C=O) groups is 1. The van der Waals surface area contributed by atoms with Crippen LogP contribution >= 0.6 is 23.2 Å². The van der Waals surface area contributed by atoms with E-state index in [2.05, 4.69) is 15.6 Å². The van der Waals surface area contributed by atoms with Gasteiger partial charge in [-0.3, -0.25) is 4.79 Å². The number of hydrogen-bond donors (Lipinski definition) is 3. The van der Waals surface area contributed by atoms with Crippen molar-refractivity contribution in [2.45, 2.75) is 6.42 Å². The predicted molar refractivity (Wildman–Crippen MR) is 69.4 cm³/mol. The summed E-state index contributed by atoms with van der Waals surface area (Å²) in [6, 6.07) is 1.60. The zero-order chi connectivity index (χ0) is 12.7. The van der Waals surface area contributed by atoms with Crippen LogP contribution < -0.4 is 16.4 Å². The first kappa shape index (κ1) is 14.0. The van der Waals surface area contributed by atoms with Gasteiger partial charge in [-0.15, -0.1) is 0 Å². The Morgan fingerprint density at radius 3 is 2.82 bits per heavy atom.